The third-order valence-corrected chi connectivity index (χ3v) is 4.34. The molecule has 0 saturated carbocycles. The molecule has 0 radical (unpaired) electrons. The first kappa shape index (κ1) is 13.9. The molecule has 1 N–H and O–H groups in total. The Morgan fingerprint density at radius 3 is 2.78 bits per heavy atom. The van der Waals surface area contributed by atoms with E-state index in [1.807, 2.05) is 0 Å². The van der Waals surface area contributed by atoms with Gasteiger partial charge in [-0.15, -0.1) is 0 Å². The molecule has 3 heteroatoms. The quantitative estimate of drug-likeness (QED) is 0.850. The fourth-order valence-electron chi connectivity index (χ4n) is 2.62. The van der Waals surface area contributed by atoms with E-state index in [0.717, 1.165) is 17.6 Å². The van der Waals surface area contributed by atoms with Gasteiger partial charge in [0.2, 0.25) is 0 Å². The van der Waals surface area contributed by atoms with E-state index >= 15 is 0 Å². The highest BCUT2D eigenvalue weighted by Gasteiger charge is 2.30. The largest absolute Gasteiger partial charge is 0.365 e. The number of rotatable bonds is 1. The Bertz CT molecular complexity index is 429. The monoisotopic (exact) mass is 310 g/mol. The van der Waals surface area contributed by atoms with Crippen LogP contribution >= 0.6 is 15.9 Å². The average Bonchev–Trinajstić information content (AvgIpc) is 2.40. The molecule has 1 saturated heterocycles. The van der Waals surface area contributed by atoms with E-state index < -0.39 is 0 Å². The van der Waals surface area contributed by atoms with Gasteiger partial charge in [-0.05, 0) is 57.9 Å². The number of hydrogen-bond acceptors (Lipinski definition) is 2. The van der Waals surface area contributed by atoms with Crippen LogP contribution in [0.5, 0.6) is 0 Å². The van der Waals surface area contributed by atoms with E-state index in [9.17, 15) is 0 Å². The molecule has 1 unspecified atom stereocenters. The number of benzene rings is 1. The minimum Gasteiger partial charge on any atom is -0.365 e. The van der Waals surface area contributed by atoms with Crippen LogP contribution in [-0.4, -0.2) is 24.7 Å². The average molecular weight is 311 g/mol. The van der Waals surface area contributed by atoms with Crippen molar-refractivity contribution in [3.63, 3.8) is 0 Å². The first-order valence-corrected chi connectivity index (χ1v) is 7.46. The van der Waals surface area contributed by atoms with Crippen LogP contribution in [0.3, 0.4) is 0 Å². The zero-order valence-corrected chi connectivity index (χ0v) is 13.3. The minimum atomic E-state index is 0.156. The lowest BCUT2D eigenvalue weighted by Gasteiger charge is -2.39. The number of nitrogens with one attached hydrogen (secondary N) is 1. The van der Waals surface area contributed by atoms with Crippen LogP contribution in [-0.2, 0) is 0 Å². The molecule has 0 aliphatic carbocycles. The molecule has 1 heterocycles. The zero-order valence-electron chi connectivity index (χ0n) is 11.8. The van der Waals surface area contributed by atoms with Gasteiger partial charge in [-0.25, -0.2) is 0 Å². The highest BCUT2D eigenvalue weighted by Crippen LogP contribution is 2.30. The van der Waals surface area contributed by atoms with E-state index in [1.165, 1.54) is 17.7 Å². The zero-order chi connectivity index (χ0) is 13.3. The van der Waals surface area contributed by atoms with Crippen LogP contribution in [0, 0.1) is 6.92 Å². The molecule has 100 valence electrons. The van der Waals surface area contributed by atoms with Gasteiger partial charge in [0.05, 0.1) is 0 Å². The summed E-state index contributed by atoms with van der Waals surface area (Å²) >= 11 is 3.54. The SMILES string of the molecule is Cc1cc(Br)ccc1N1CCC(C)NCC1(C)C. The molecule has 18 heavy (non-hydrogen) atoms. The smallest absolute Gasteiger partial charge is 0.0470 e. The molecule has 1 fully saturated rings. The van der Waals surface area contributed by atoms with Gasteiger partial charge in [-0.1, -0.05) is 15.9 Å². The number of nitrogens with zero attached hydrogens (tertiary/aromatic N) is 1. The fourth-order valence-corrected chi connectivity index (χ4v) is 3.09. The summed E-state index contributed by atoms with van der Waals surface area (Å²) in [7, 11) is 0. The molecule has 1 atom stereocenters. The molecule has 1 aliphatic rings. The van der Waals surface area contributed by atoms with Gasteiger partial charge in [-0.3, -0.25) is 0 Å². The minimum absolute atomic E-state index is 0.156. The van der Waals surface area contributed by atoms with Crippen LogP contribution < -0.4 is 10.2 Å². The van der Waals surface area contributed by atoms with Gasteiger partial charge >= 0.3 is 0 Å². The fraction of sp³-hybridized carbons (Fsp3) is 0.600. The van der Waals surface area contributed by atoms with Gasteiger partial charge in [0.1, 0.15) is 0 Å². The van der Waals surface area contributed by atoms with Crippen molar-refractivity contribution in [2.45, 2.75) is 45.7 Å². The Labute approximate surface area is 119 Å². The van der Waals surface area contributed by atoms with Crippen molar-refractivity contribution < 1.29 is 0 Å². The van der Waals surface area contributed by atoms with E-state index in [4.69, 9.17) is 0 Å². The topological polar surface area (TPSA) is 15.3 Å². The maximum Gasteiger partial charge on any atom is 0.0470 e. The molecule has 1 aromatic rings. The summed E-state index contributed by atoms with van der Waals surface area (Å²) < 4.78 is 1.16. The van der Waals surface area contributed by atoms with E-state index in [0.29, 0.717) is 6.04 Å². The van der Waals surface area contributed by atoms with Crippen molar-refractivity contribution in [1.82, 2.24) is 5.32 Å². The maximum atomic E-state index is 3.61. The van der Waals surface area contributed by atoms with Crippen molar-refractivity contribution in [2.24, 2.45) is 0 Å². The molecule has 0 bridgehead atoms. The van der Waals surface area contributed by atoms with Crippen molar-refractivity contribution >= 4 is 21.6 Å². The predicted octanol–water partition coefficient (Wildman–Crippen LogP) is 3.72. The van der Waals surface area contributed by atoms with Crippen LogP contribution in [0.1, 0.15) is 32.8 Å². The number of hydrogen-bond donors (Lipinski definition) is 1. The summed E-state index contributed by atoms with van der Waals surface area (Å²) in [5.41, 5.74) is 2.86. The lowest BCUT2D eigenvalue weighted by Crippen LogP contribution is -2.49. The predicted molar refractivity (Wildman–Crippen MR) is 82.4 cm³/mol. The van der Waals surface area contributed by atoms with E-state index in [1.54, 1.807) is 0 Å². The number of aryl methyl sites for hydroxylation is 1. The van der Waals surface area contributed by atoms with Crippen molar-refractivity contribution in [1.29, 1.82) is 0 Å². The van der Waals surface area contributed by atoms with E-state index in [2.05, 4.69) is 72.0 Å². The molecule has 1 aromatic carbocycles. The third kappa shape index (κ3) is 2.89. The molecular weight excluding hydrogens is 288 g/mol. The van der Waals surface area contributed by atoms with Crippen molar-refractivity contribution in [3.05, 3.63) is 28.2 Å². The summed E-state index contributed by atoms with van der Waals surface area (Å²) in [6.07, 6.45) is 1.19. The third-order valence-electron chi connectivity index (χ3n) is 3.85. The molecule has 2 nitrogen and oxygen atoms in total. The first-order chi connectivity index (χ1) is 8.40. The first-order valence-electron chi connectivity index (χ1n) is 6.67. The molecular formula is C15H23BrN2. The lowest BCUT2D eigenvalue weighted by atomic mass is 10.0. The second kappa shape index (κ2) is 5.22. The number of anilines is 1. The van der Waals surface area contributed by atoms with Crippen LogP contribution in [0.4, 0.5) is 5.69 Å². The Balaban J connectivity index is 2.34. The highest BCUT2D eigenvalue weighted by molar-refractivity contribution is 9.10. The molecule has 1 aliphatic heterocycles. The standard InChI is InChI=1S/C15H23BrN2/c1-11-9-13(16)5-6-14(11)18-8-7-12(2)17-10-15(18,3)4/h5-6,9,12,17H,7-8,10H2,1-4H3. The summed E-state index contributed by atoms with van der Waals surface area (Å²) in [5, 5.41) is 3.61. The lowest BCUT2D eigenvalue weighted by molar-refractivity contribution is 0.447. The Hall–Kier alpha value is -0.540. The Kier molecular flexibility index (Phi) is 4.02. The van der Waals surface area contributed by atoms with Crippen LogP contribution in [0.15, 0.2) is 22.7 Å². The van der Waals surface area contributed by atoms with Crippen molar-refractivity contribution in [2.75, 3.05) is 18.0 Å². The van der Waals surface area contributed by atoms with Gasteiger partial charge in [0, 0.05) is 34.8 Å². The molecule has 0 spiro atoms. The highest BCUT2D eigenvalue weighted by atomic mass is 79.9. The second-order valence-electron chi connectivity index (χ2n) is 5.97. The summed E-state index contributed by atoms with van der Waals surface area (Å²) in [6.45, 7) is 11.2. The molecule has 0 amide bonds. The molecule has 0 aromatic heterocycles. The Morgan fingerprint density at radius 1 is 1.39 bits per heavy atom. The van der Waals surface area contributed by atoms with Crippen LogP contribution in [0.25, 0.3) is 0 Å². The van der Waals surface area contributed by atoms with Crippen molar-refractivity contribution in [3.8, 4) is 0 Å². The maximum absolute atomic E-state index is 3.61. The van der Waals surface area contributed by atoms with Gasteiger partial charge in [0.15, 0.2) is 0 Å². The van der Waals surface area contributed by atoms with Gasteiger partial charge in [0.25, 0.3) is 0 Å². The van der Waals surface area contributed by atoms with Gasteiger partial charge < -0.3 is 10.2 Å². The Morgan fingerprint density at radius 2 is 2.11 bits per heavy atom. The summed E-state index contributed by atoms with van der Waals surface area (Å²) in [4.78, 5) is 2.55. The normalized spacial score (nSPS) is 23.8. The van der Waals surface area contributed by atoms with Gasteiger partial charge in [-0.2, -0.15) is 0 Å². The summed E-state index contributed by atoms with van der Waals surface area (Å²) in [6, 6.07) is 7.18. The van der Waals surface area contributed by atoms with E-state index in [-0.39, 0.29) is 5.54 Å². The second-order valence-corrected chi connectivity index (χ2v) is 6.88. The van der Waals surface area contributed by atoms with Crippen LogP contribution in [0.2, 0.25) is 0 Å². The number of halogens is 1. The summed E-state index contributed by atoms with van der Waals surface area (Å²) in [5.74, 6) is 0. The molecule has 2 rings (SSSR count).